The van der Waals surface area contributed by atoms with Gasteiger partial charge in [-0.1, -0.05) is 11.6 Å². The zero-order valence-corrected chi connectivity index (χ0v) is 18.4. The lowest BCUT2D eigenvalue weighted by Gasteiger charge is -2.36. The van der Waals surface area contributed by atoms with Crippen molar-refractivity contribution in [1.29, 1.82) is 0 Å². The number of amides is 1. The first-order chi connectivity index (χ1) is 15.0. The lowest BCUT2D eigenvalue weighted by atomic mass is 9.82. The minimum atomic E-state index is -0.0307. The van der Waals surface area contributed by atoms with Gasteiger partial charge in [-0.15, -0.1) is 0 Å². The Morgan fingerprint density at radius 2 is 2.13 bits per heavy atom. The Hall–Kier alpha value is -2.71. The van der Waals surface area contributed by atoms with Crippen LogP contribution in [-0.4, -0.2) is 44.2 Å². The van der Waals surface area contributed by atoms with Gasteiger partial charge in [-0.25, -0.2) is 9.97 Å². The maximum Gasteiger partial charge on any atom is 0.226 e. The van der Waals surface area contributed by atoms with Gasteiger partial charge in [0.1, 0.15) is 18.6 Å². The van der Waals surface area contributed by atoms with Crippen LogP contribution in [0.1, 0.15) is 32.4 Å². The van der Waals surface area contributed by atoms with Crippen LogP contribution < -0.4 is 10.1 Å². The Labute approximate surface area is 185 Å². The molecule has 1 N–H and O–H groups in total. The molecule has 1 atom stereocenters. The third-order valence-corrected chi connectivity index (χ3v) is 5.57. The van der Waals surface area contributed by atoms with Gasteiger partial charge in [0.05, 0.1) is 28.8 Å². The first-order valence-corrected chi connectivity index (χ1v) is 10.8. The largest absolute Gasteiger partial charge is 0.471 e. The maximum atomic E-state index is 11.1. The number of rotatable bonds is 9. The van der Waals surface area contributed by atoms with Gasteiger partial charge in [-0.2, -0.15) is 0 Å². The molecule has 1 amide bonds. The number of aromatic nitrogens is 4. The summed E-state index contributed by atoms with van der Waals surface area (Å²) in [6.45, 7) is 5.20. The molecule has 3 aromatic rings. The third-order valence-electron chi connectivity index (χ3n) is 5.34. The number of fused-ring (bicyclic) bond motifs is 1. The molecule has 0 aromatic carbocycles. The highest BCUT2D eigenvalue weighted by molar-refractivity contribution is 6.30. The molecule has 3 heterocycles. The molecule has 0 radical (unpaired) electrons. The second-order valence-corrected chi connectivity index (χ2v) is 8.47. The van der Waals surface area contributed by atoms with Crippen molar-refractivity contribution in [3.05, 3.63) is 47.6 Å². The molecule has 1 aliphatic carbocycles. The molecule has 4 rings (SSSR count). The Bertz CT molecular complexity index is 1030. The van der Waals surface area contributed by atoms with Crippen molar-refractivity contribution in [2.24, 2.45) is 5.92 Å². The van der Waals surface area contributed by atoms with Crippen LogP contribution in [0.2, 0.25) is 5.02 Å². The fourth-order valence-corrected chi connectivity index (χ4v) is 3.90. The normalized spacial score (nSPS) is 19.1. The maximum absolute atomic E-state index is 11.1. The fraction of sp³-hybridized carbons (Fsp3) is 0.455. The van der Waals surface area contributed by atoms with E-state index >= 15 is 0 Å². The van der Waals surface area contributed by atoms with E-state index in [-0.39, 0.29) is 18.1 Å². The molecule has 164 valence electrons. The van der Waals surface area contributed by atoms with E-state index in [1.807, 2.05) is 25.3 Å². The van der Waals surface area contributed by atoms with Crippen LogP contribution in [0, 0.1) is 5.92 Å². The fourth-order valence-electron chi connectivity index (χ4n) is 3.78. The first kappa shape index (κ1) is 21.5. The number of pyridine rings is 1. The number of carbonyl (C=O) groups excluding carboxylic acids is 1. The standard InChI is InChI=1S/C22H26ClN5O3/c1-14(27-15(2)29)11-30-19-7-16(8-19)10-28-6-5-20-21(28)25-13-26-22(20)31-12-18-4-3-17(23)9-24-18/h3-6,9,13-14,16,19H,7-8,10-12H2,1-2H3,(H,27,29)/t14-,16?,19?/m0/s1. The highest BCUT2D eigenvalue weighted by atomic mass is 35.5. The van der Waals surface area contributed by atoms with Crippen molar-refractivity contribution in [2.75, 3.05) is 6.61 Å². The average molecular weight is 444 g/mol. The number of halogens is 1. The second-order valence-electron chi connectivity index (χ2n) is 8.03. The zero-order valence-electron chi connectivity index (χ0n) is 17.6. The molecule has 0 bridgehead atoms. The average Bonchev–Trinajstić information content (AvgIpc) is 3.12. The summed E-state index contributed by atoms with van der Waals surface area (Å²) >= 11 is 5.88. The van der Waals surface area contributed by atoms with Crippen LogP contribution in [0.25, 0.3) is 11.0 Å². The van der Waals surface area contributed by atoms with Crippen molar-refractivity contribution in [3.63, 3.8) is 0 Å². The van der Waals surface area contributed by atoms with Gasteiger partial charge in [0, 0.05) is 31.9 Å². The van der Waals surface area contributed by atoms with Crippen molar-refractivity contribution in [1.82, 2.24) is 24.8 Å². The van der Waals surface area contributed by atoms with Crippen molar-refractivity contribution in [3.8, 4) is 5.88 Å². The van der Waals surface area contributed by atoms with Gasteiger partial charge in [0.2, 0.25) is 11.8 Å². The molecule has 3 aromatic heterocycles. The number of hydrogen-bond donors (Lipinski definition) is 1. The summed E-state index contributed by atoms with van der Waals surface area (Å²) in [5, 5.41) is 4.31. The monoisotopic (exact) mass is 443 g/mol. The van der Waals surface area contributed by atoms with Gasteiger partial charge in [0.15, 0.2) is 0 Å². The second kappa shape index (κ2) is 9.62. The highest BCUT2D eigenvalue weighted by Gasteiger charge is 2.30. The Morgan fingerprint density at radius 1 is 1.29 bits per heavy atom. The summed E-state index contributed by atoms with van der Waals surface area (Å²) in [4.78, 5) is 24.1. The van der Waals surface area contributed by atoms with Gasteiger partial charge >= 0.3 is 0 Å². The van der Waals surface area contributed by atoms with E-state index in [0.29, 0.717) is 30.0 Å². The van der Waals surface area contributed by atoms with E-state index in [0.717, 1.165) is 36.1 Å². The molecule has 0 spiro atoms. The molecule has 1 fully saturated rings. The third kappa shape index (κ3) is 5.51. The van der Waals surface area contributed by atoms with Crippen LogP contribution in [0.3, 0.4) is 0 Å². The molecular weight excluding hydrogens is 418 g/mol. The highest BCUT2D eigenvalue weighted by Crippen LogP contribution is 2.33. The van der Waals surface area contributed by atoms with E-state index in [4.69, 9.17) is 21.1 Å². The molecule has 0 aliphatic heterocycles. The Kier molecular flexibility index (Phi) is 6.67. The van der Waals surface area contributed by atoms with Gasteiger partial charge in [-0.05, 0) is 43.9 Å². The van der Waals surface area contributed by atoms with Gasteiger partial charge in [0.25, 0.3) is 0 Å². The molecule has 8 nitrogen and oxygen atoms in total. The van der Waals surface area contributed by atoms with Crippen LogP contribution >= 0.6 is 11.6 Å². The number of carbonyl (C=O) groups is 1. The van der Waals surface area contributed by atoms with Crippen molar-refractivity contribution >= 4 is 28.5 Å². The van der Waals surface area contributed by atoms with Crippen LogP contribution in [0.5, 0.6) is 5.88 Å². The Morgan fingerprint density at radius 3 is 2.87 bits per heavy atom. The van der Waals surface area contributed by atoms with E-state index in [9.17, 15) is 4.79 Å². The van der Waals surface area contributed by atoms with E-state index in [1.165, 1.54) is 13.3 Å². The molecule has 1 saturated carbocycles. The molecule has 0 saturated heterocycles. The molecule has 9 heteroatoms. The predicted molar refractivity (Wildman–Crippen MR) is 117 cm³/mol. The van der Waals surface area contributed by atoms with Crippen molar-refractivity contribution < 1.29 is 14.3 Å². The lowest BCUT2D eigenvalue weighted by molar-refractivity contribution is -0.120. The van der Waals surface area contributed by atoms with Crippen LogP contribution in [0.4, 0.5) is 0 Å². The minimum Gasteiger partial charge on any atom is -0.471 e. The predicted octanol–water partition coefficient (Wildman–Crippen LogP) is 3.38. The minimum absolute atomic E-state index is 0.0307. The Balaban J connectivity index is 1.30. The molecule has 0 unspecified atom stereocenters. The van der Waals surface area contributed by atoms with Crippen LogP contribution in [0.15, 0.2) is 36.9 Å². The SMILES string of the molecule is CC(=O)N[C@@H](C)COC1CC(Cn2ccc3c(OCc4ccc(Cl)cn4)ncnc32)C1. The summed E-state index contributed by atoms with van der Waals surface area (Å²) in [6.07, 6.45) is 7.41. The number of nitrogens with zero attached hydrogens (tertiary/aromatic N) is 4. The molecule has 31 heavy (non-hydrogen) atoms. The zero-order chi connectivity index (χ0) is 21.8. The summed E-state index contributed by atoms with van der Waals surface area (Å²) < 4.78 is 13.9. The summed E-state index contributed by atoms with van der Waals surface area (Å²) in [5.74, 6) is 1.05. The van der Waals surface area contributed by atoms with E-state index in [2.05, 4.69) is 24.8 Å². The summed E-state index contributed by atoms with van der Waals surface area (Å²) in [7, 11) is 0. The van der Waals surface area contributed by atoms with Crippen molar-refractivity contribution in [2.45, 2.75) is 52.0 Å². The van der Waals surface area contributed by atoms with E-state index < -0.39 is 0 Å². The van der Waals surface area contributed by atoms with E-state index in [1.54, 1.807) is 12.3 Å². The topological polar surface area (TPSA) is 91.2 Å². The molecule has 1 aliphatic rings. The smallest absolute Gasteiger partial charge is 0.226 e. The van der Waals surface area contributed by atoms with Crippen LogP contribution in [-0.2, 0) is 22.7 Å². The lowest BCUT2D eigenvalue weighted by Crippen LogP contribution is -2.39. The summed E-state index contributed by atoms with van der Waals surface area (Å²) in [6, 6.07) is 5.64. The van der Waals surface area contributed by atoms with Gasteiger partial charge < -0.3 is 19.4 Å². The number of nitrogens with one attached hydrogen (secondary N) is 1. The number of hydrogen-bond acceptors (Lipinski definition) is 6. The number of ether oxygens (including phenoxy) is 2. The molecular formula is C22H26ClN5O3. The van der Waals surface area contributed by atoms with Gasteiger partial charge in [-0.3, -0.25) is 9.78 Å². The first-order valence-electron chi connectivity index (χ1n) is 10.4. The quantitative estimate of drug-likeness (QED) is 0.545. The summed E-state index contributed by atoms with van der Waals surface area (Å²) in [5.41, 5.74) is 1.64.